The number of ether oxygens (including phenoxy) is 3. The van der Waals surface area contributed by atoms with E-state index in [0.717, 1.165) is 58.0 Å². The molecular weight excluding hydrogens is 392 g/mol. The Kier molecular flexibility index (Phi) is 4.73. The average Bonchev–Trinajstić information content (AvgIpc) is 3.54. The average molecular weight is 431 g/mol. The third kappa shape index (κ3) is 2.65. The summed E-state index contributed by atoms with van der Waals surface area (Å²) in [5.41, 5.74) is 0.0248. The predicted molar refractivity (Wildman–Crippen MR) is 116 cm³/mol. The monoisotopic (exact) mass is 430 g/mol. The molecule has 1 saturated heterocycles. The number of rotatable bonds is 3. The van der Waals surface area contributed by atoms with E-state index in [4.69, 9.17) is 14.2 Å². The molecule has 4 saturated carbocycles. The van der Waals surface area contributed by atoms with Gasteiger partial charge >= 0.3 is 11.9 Å². The van der Waals surface area contributed by atoms with E-state index in [1.165, 1.54) is 7.11 Å². The van der Waals surface area contributed by atoms with E-state index in [0.29, 0.717) is 23.3 Å². The van der Waals surface area contributed by atoms with E-state index in [9.17, 15) is 9.59 Å². The Balaban J connectivity index is 1.54. The number of carbonyl (C=O) groups excluding carboxylic acids is 2. The highest BCUT2D eigenvalue weighted by molar-refractivity contribution is 5.88. The van der Waals surface area contributed by atoms with Crippen LogP contribution < -0.4 is 0 Å². The number of fused-ring (bicyclic) bond motifs is 4. The molecule has 1 heterocycles. The van der Waals surface area contributed by atoms with Crippen LogP contribution in [0, 0.1) is 34.0 Å². The van der Waals surface area contributed by atoms with Crippen molar-refractivity contribution in [2.45, 2.75) is 90.8 Å². The summed E-state index contributed by atoms with van der Waals surface area (Å²) in [6, 6.07) is 0. The summed E-state index contributed by atoms with van der Waals surface area (Å²) in [5.74, 6) is 1.01. The molecule has 8 atom stereocenters. The maximum absolute atomic E-state index is 12.9. The molecule has 5 fully saturated rings. The summed E-state index contributed by atoms with van der Waals surface area (Å²) in [6.45, 7) is 9.01. The van der Waals surface area contributed by atoms with Crippen LogP contribution in [0.5, 0.6) is 0 Å². The zero-order valence-electron chi connectivity index (χ0n) is 19.8. The molecule has 0 radical (unpaired) electrons. The van der Waals surface area contributed by atoms with Crippen LogP contribution in [0.2, 0.25) is 0 Å². The molecule has 172 valence electrons. The molecule has 0 aromatic rings. The molecular formula is C26H38O5. The van der Waals surface area contributed by atoms with E-state index in [1.54, 1.807) is 0 Å². The third-order valence-corrected chi connectivity index (χ3v) is 10.6. The summed E-state index contributed by atoms with van der Waals surface area (Å²) in [4.78, 5) is 25.8. The van der Waals surface area contributed by atoms with E-state index >= 15 is 0 Å². The standard InChI is InChI=1S/C26H38O5/c1-6-16(2)20(27)31-21-25-13-10-18-23(3,11-7-12-24(18,4)22(28)29-5)19(25)9-8-17(14-25)26(21)15-30-26/h6,17-19,21H,7-15H2,1-5H3. The minimum absolute atomic E-state index is 0.0251. The molecule has 31 heavy (non-hydrogen) atoms. The van der Waals surface area contributed by atoms with Crippen molar-refractivity contribution in [3.05, 3.63) is 11.6 Å². The molecule has 0 amide bonds. The fourth-order valence-corrected chi connectivity index (χ4v) is 9.03. The number of methoxy groups -OCH3 is 1. The lowest BCUT2D eigenvalue weighted by atomic mass is 9.40. The SMILES string of the molecule is CC=C(C)C(=O)OC1C23CCC4C(C)(C(=O)OC)CCCC4(C)C2CCC(C3)C12CO2. The van der Waals surface area contributed by atoms with Crippen LogP contribution in [-0.4, -0.2) is 37.4 Å². The molecule has 0 aromatic carbocycles. The van der Waals surface area contributed by atoms with Crippen molar-refractivity contribution in [1.29, 1.82) is 0 Å². The highest BCUT2D eigenvalue weighted by Crippen LogP contribution is 2.75. The summed E-state index contributed by atoms with van der Waals surface area (Å²) < 4.78 is 17.8. The Morgan fingerprint density at radius 2 is 1.81 bits per heavy atom. The normalized spacial score (nSPS) is 50.4. The summed E-state index contributed by atoms with van der Waals surface area (Å²) >= 11 is 0. The van der Waals surface area contributed by atoms with Crippen LogP contribution in [-0.2, 0) is 23.8 Å². The second kappa shape index (κ2) is 6.82. The molecule has 2 spiro atoms. The van der Waals surface area contributed by atoms with Gasteiger partial charge in [0.05, 0.1) is 19.1 Å². The number of hydrogen-bond donors (Lipinski definition) is 0. The van der Waals surface area contributed by atoms with E-state index < -0.39 is 5.41 Å². The van der Waals surface area contributed by atoms with Crippen molar-refractivity contribution >= 4 is 11.9 Å². The van der Waals surface area contributed by atoms with Gasteiger partial charge in [-0.15, -0.1) is 0 Å². The molecule has 5 aliphatic rings. The van der Waals surface area contributed by atoms with Crippen molar-refractivity contribution in [3.63, 3.8) is 0 Å². The Bertz CT molecular complexity index is 828. The van der Waals surface area contributed by atoms with Gasteiger partial charge in [0, 0.05) is 11.0 Å². The first-order valence-electron chi connectivity index (χ1n) is 12.2. The number of carbonyl (C=O) groups is 2. The van der Waals surface area contributed by atoms with Crippen molar-refractivity contribution in [3.8, 4) is 0 Å². The number of esters is 2. The predicted octanol–water partition coefficient (Wildman–Crippen LogP) is 4.83. The zero-order chi connectivity index (χ0) is 22.2. The van der Waals surface area contributed by atoms with Gasteiger partial charge in [0.1, 0.15) is 11.7 Å². The molecule has 1 aliphatic heterocycles. The van der Waals surface area contributed by atoms with Gasteiger partial charge in [0.25, 0.3) is 0 Å². The Labute approximate surface area is 186 Å². The molecule has 4 aliphatic carbocycles. The van der Waals surface area contributed by atoms with Crippen molar-refractivity contribution in [1.82, 2.24) is 0 Å². The van der Waals surface area contributed by atoms with Gasteiger partial charge < -0.3 is 14.2 Å². The molecule has 0 aromatic heterocycles. The van der Waals surface area contributed by atoms with Gasteiger partial charge in [0.15, 0.2) is 0 Å². The lowest BCUT2D eigenvalue weighted by Gasteiger charge is -2.64. The first-order chi connectivity index (χ1) is 14.7. The van der Waals surface area contributed by atoms with Crippen LogP contribution in [0.3, 0.4) is 0 Å². The summed E-state index contributed by atoms with van der Waals surface area (Å²) in [6.07, 6.45) is 10.2. The highest BCUT2D eigenvalue weighted by Gasteiger charge is 2.78. The van der Waals surface area contributed by atoms with Crippen molar-refractivity contribution < 1.29 is 23.8 Å². The summed E-state index contributed by atoms with van der Waals surface area (Å²) in [5, 5.41) is 0. The molecule has 8 unspecified atom stereocenters. The fraction of sp³-hybridized carbons (Fsp3) is 0.846. The Morgan fingerprint density at radius 1 is 1.06 bits per heavy atom. The van der Waals surface area contributed by atoms with Crippen molar-refractivity contribution in [2.24, 2.45) is 34.0 Å². The highest BCUT2D eigenvalue weighted by atomic mass is 16.6. The van der Waals surface area contributed by atoms with Crippen molar-refractivity contribution in [2.75, 3.05) is 13.7 Å². The largest absolute Gasteiger partial charge is 0.469 e. The molecule has 5 heteroatoms. The van der Waals surface area contributed by atoms with Gasteiger partial charge in [0.2, 0.25) is 0 Å². The maximum Gasteiger partial charge on any atom is 0.333 e. The number of epoxide rings is 1. The van der Waals surface area contributed by atoms with E-state index in [1.807, 2.05) is 19.9 Å². The fourth-order valence-electron chi connectivity index (χ4n) is 9.03. The number of hydrogen-bond acceptors (Lipinski definition) is 5. The lowest BCUT2D eigenvalue weighted by molar-refractivity contribution is -0.200. The molecule has 0 N–H and O–H groups in total. The van der Waals surface area contributed by atoms with Gasteiger partial charge in [-0.25, -0.2) is 4.79 Å². The molecule has 5 nitrogen and oxygen atoms in total. The molecule has 2 bridgehead atoms. The van der Waals surface area contributed by atoms with Gasteiger partial charge in [-0.2, -0.15) is 0 Å². The summed E-state index contributed by atoms with van der Waals surface area (Å²) in [7, 11) is 1.53. The minimum Gasteiger partial charge on any atom is -0.469 e. The van der Waals surface area contributed by atoms with E-state index in [-0.39, 0.29) is 34.5 Å². The van der Waals surface area contributed by atoms with E-state index in [2.05, 4.69) is 13.8 Å². The molecule has 5 rings (SSSR count). The topological polar surface area (TPSA) is 65.1 Å². The van der Waals surface area contributed by atoms with Crippen LogP contribution in [0.4, 0.5) is 0 Å². The second-order valence-electron chi connectivity index (χ2n) is 11.6. The van der Waals surface area contributed by atoms with Crippen LogP contribution in [0.25, 0.3) is 0 Å². The maximum atomic E-state index is 12.9. The van der Waals surface area contributed by atoms with Gasteiger partial charge in [-0.05, 0) is 88.9 Å². The van der Waals surface area contributed by atoms with Crippen LogP contribution in [0.1, 0.15) is 79.1 Å². The zero-order valence-corrected chi connectivity index (χ0v) is 19.8. The minimum atomic E-state index is -0.416. The van der Waals surface area contributed by atoms with Crippen LogP contribution >= 0.6 is 0 Å². The first kappa shape index (κ1) is 21.5. The van der Waals surface area contributed by atoms with Crippen LogP contribution in [0.15, 0.2) is 11.6 Å². The first-order valence-corrected chi connectivity index (χ1v) is 12.2. The van der Waals surface area contributed by atoms with Gasteiger partial charge in [-0.3, -0.25) is 4.79 Å². The smallest absolute Gasteiger partial charge is 0.333 e. The number of allylic oxidation sites excluding steroid dienone is 1. The quantitative estimate of drug-likeness (QED) is 0.365. The third-order valence-electron chi connectivity index (χ3n) is 10.6. The van der Waals surface area contributed by atoms with Gasteiger partial charge in [-0.1, -0.05) is 19.4 Å². The second-order valence-corrected chi connectivity index (χ2v) is 11.6. The Hall–Kier alpha value is -1.36. The lowest BCUT2D eigenvalue weighted by Crippen LogP contribution is -2.61. The Morgan fingerprint density at radius 3 is 2.45 bits per heavy atom.